The van der Waals surface area contributed by atoms with E-state index < -0.39 is 15.4 Å². The average molecular weight is 361 g/mol. The van der Waals surface area contributed by atoms with Crippen molar-refractivity contribution in [1.29, 1.82) is 0 Å². The highest BCUT2D eigenvalue weighted by Gasteiger charge is 2.39. The van der Waals surface area contributed by atoms with Gasteiger partial charge in [-0.15, -0.1) is 0 Å². The molecule has 1 aliphatic heterocycles. The van der Waals surface area contributed by atoms with E-state index in [1.807, 2.05) is 6.92 Å². The number of ether oxygens (including phenoxy) is 1. The Hall–Kier alpha value is -1.31. The summed E-state index contributed by atoms with van der Waals surface area (Å²) in [6.45, 7) is 2.46. The molecule has 1 aliphatic rings. The number of methoxy groups -OCH3 is 1. The van der Waals surface area contributed by atoms with Crippen molar-refractivity contribution >= 4 is 27.5 Å². The Balaban J connectivity index is 2.19. The van der Waals surface area contributed by atoms with Crippen LogP contribution < -0.4 is 10.1 Å². The highest BCUT2D eigenvalue weighted by Crippen LogP contribution is 2.34. The molecule has 128 valence electrons. The summed E-state index contributed by atoms with van der Waals surface area (Å²) in [5.41, 5.74) is -0.529. The first-order chi connectivity index (χ1) is 10.7. The van der Waals surface area contributed by atoms with Crippen molar-refractivity contribution in [2.75, 3.05) is 27.2 Å². The normalized spacial score (nSPS) is 18.4. The molecule has 2 rings (SSSR count). The number of hydrogen-bond donors (Lipinski definition) is 1. The molecule has 1 saturated heterocycles. The summed E-state index contributed by atoms with van der Waals surface area (Å²) in [6, 6.07) is 4.41. The maximum absolute atomic E-state index is 12.7. The lowest BCUT2D eigenvalue weighted by Gasteiger charge is -2.37. The lowest BCUT2D eigenvalue weighted by Crippen LogP contribution is -2.48. The molecule has 0 aromatic heterocycles. The summed E-state index contributed by atoms with van der Waals surface area (Å²) in [6.07, 6.45) is 0.964. The van der Waals surface area contributed by atoms with Gasteiger partial charge in [-0.3, -0.25) is 4.79 Å². The maximum Gasteiger partial charge on any atom is 0.243 e. The van der Waals surface area contributed by atoms with Gasteiger partial charge in [0.15, 0.2) is 0 Å². The highest BCUT2D eigenvalue weighted by molar-refractivity contribution is 7.89. The topological polar surface area (TPSA) is 75.7 Å². The van der Waals surface area contributed by atoms with Crippen molar-refractivity contribution in [3.63, 3.8) is 0 Å². The summed E-state index contributed by atoms with van der Waals surface area (Å²) in [5.74, 6) is 0.374. The molecule has 0 unspecified atom stereocenters. The fraction of sp³-hybridized carbons (Fsp3) is 0.533. The minimum absolute atomic E-state index is 0.0537. The summed E-state index contributed by atoms with van der Waals surface area (Å²) in [4.78, 5) is 12.1. The zero-order chi connectivity index (χ0) is 17.3. The molecule has 1 aromatic rings. The molecule has 1 N–H and O–H groups in total. The van der Waals surface area contributed by atoms with Crippen molar-refractivity contribution in [3.8, 4) is 5.75 Å². The first-order valence-corrected chi connectivity index (χ1v) is 9.12. The number of sulfonamides is 1. The van der Waals surface area contributed by atoms with E-state index in [1.54, 1.807) is 7.05 Å². The van der Waals surface area contributed by atoms with E-state index in [0.717, 1.165) is 0 Å². The number of rotatable bonds is 4. The molecule has 0 spiro atoms. The van der Waals surface area contributed by atoms with Crippen LogP contribution in [0.3, 0.4) is 0 Å². The number of nitrogens with one attached hydrogen (secondary N) is 1. The number of carbonyl (C=O) groups is 1. The number of benzene rings is 1. The number of piperidine rings is 1. The molecule has 0 bridgehead atoms. The van der Waals surface area contributed by atoms with E-state index in [2.05, 4.69) is 5.32 Å². The van der Waals surface area contributed by atoms with Crippen LogP contribution in [0.1, 0.15) is 19.8 Å². The SMILES string of the molecule is CNC(=O)C1(C)CCN(S(=O)(=O)c2ccc(OC)c(Cl)c2)CC1. The molecule has 6 nitrogen and oxygen atoms in total. The molecule has 0 atom stereocenters. The molecule has 1 heterocycles. The van der Waals surface area contributed by atoms with Gasteiger partial charge in [0, 0.05) is 25.6 Å². The number of halogens is 1. The fourth-order valence-electron chi connectivity index (χ4n) is 2.71. The van der Waals surface area contributed by atoms with E-state index in [4.69, 9.17) is 16.3 Å². The molecule has 0 saturated carbocycles. The maximum atomic E-state index is 12.7. The van der Waals surface area contributed by atoms with Crippen LogP contribution in [0.25, 0.3) is 0 Å². The average Bonchev–Trinajstić information content (AvgIpc) is 2.54. The Bertz CT molecular complexity index is 697. The van der Waals surface area contributed by atoms with Gasteiger partial charge < -0.3 is 10.1 Å². The molecular weight excluding hydrogens is 340 g/mol. The van der Waals surface area contributed by atoms with Crippen LogP contribution in [0.2, 0.25) is 5.02 Å². The van der Waals surface area contributed by atoms with E-state index in [0.29, 0.717) is 31.7 Å². The second kappa shape index (κ2) is 6.67. The van der Waals surface area contributed by atoms with Crippen LogP contribution in [0.4, 0.5) is 0 Å². The molecule has 0 radical (unpaired) electrons. The lowest BCUT2D eigenvalue weighted by atomic mass is 9.80. The second-order valence-corrected chi connectivity index (χ2v) is 8.19. The van der Waals surface area contributed by atoms with Crippen LogP contribution in [-0.2, 0) is 14.8 Å². The Kier molecular flexibility index (Phi) is 5.23. The van der Waals surface area contributed by atoms with Gasteiger partial charge in [-0.25, -0.2) is 8.42 Å². The second-order valence-electron chi connectivity index (χ2n) is 5.84. The molecule has 1 fully saturated rings. The van der Waals surface area contributed by atoms with Crippen LogP contribution in [0, 0.1) is 5.41 Å². The third-order valence-corrected chi connectivity index (χ3v) is 6.55. The summed E-state index contributed by atoms with van der Waals surface area (Å²) in [5, 5.41) is 2.89. The highest BCUT2D eigenvalue weighted by atomic mass is 35.5. The predicted octanol–water partition coefficient (Wildman–Crippen LogP) is 1.89. The largest absolute Gasteiger partial charge is 0.495 e. The molecule has 1 amide bonds. The zero-order valence-corrected chi connectivity index (χ0v) is 15.0. The minimum Gasteiger partial charge on any atom is -0.495 e. The van der Waals surface area contributed by atoms with Crippen molar-refractivity contribution in [2.45, 2.75) is 24.7 Å². The third kappa shape index (κ3) is 3.46. The van der Waals surface area contributed by atoms with E-state index in [-0.39, 0.29) is 15.8 Å². The number of amides is 1. The Labute approximate surface area is 141 Å². The van der Waals surface area contributed by atoms with Gasteiger partial charge >= 0.3 is 0 Å². The van der Waals surface area contributed by atoms with Gasteiger partial charge in [0.25, 0.3) is 0 Å². The van der Waals surface area contributed by atoms with Crippen molar-refractivity contribution in [1.82, 2.24) is 9.62 Å². The van der Waals surface area contributed by atoms with E-state index in [1.165, 1.54) is 29.6 Å². The van der Waals surface area contributed by atoms with E-state index >= 15 is 0 Å². The third-order valence-electron chi connectivity index (χ3n) is 4.36. The molecule has 23 heavy (non-hydrogen) atoms. The number of nitrogens with zero attached hydrogens (tertiary/aromatic N) is 1. The van der Waals surface area contributed by atoms with Gasteiger partial charge in [0.2, 0.25) is 15.9 Å². The van der Waals surface area contributed by atoms with Gasteiger partial charge in [0.05, 0.1) is 17.0 Å². The van der Waals surface area contributed by atoms with Crippen molar-refractivity contribution in [2.24, 2.45) is 5.41 Å². The van der Waals surface area contributed by atoms with Crippen molar-refractivity contribution < 1.29 is 17.9 Å². The number of hydrogen-bond acceptors (Lipinski definition) is 4. The lowest BCUT2D eigenvalue weighted by molar-refractivity contribution is -0.131. The first-order valence-electron chi connectivity index (χ1n) is 7.30. The van der Waals surface area contributed by atoms with Crippen LogP contribution >= 0.6 is 11.6 Å². The summed E-state index contributed by atoms with van der Waals surface area (Å²) in [7, 11) is -0.565. The zero-order valence-electron chi connectivity index (χ0n) is 13.4. The van der Waals surface area contributed by atoms with Gasteiger partial charge in [-0.05, 0) is 31.0 Å². The Morgan fingerprint density at radius 2 is 1.96 bits per heavy atom. The van der Waals surface area contributed by atoms with Gasteiger partial charge in [-0.2, -0.15) is 4.31 Å². The molecule has 8 heteroatoms. The standard InChI is InChI=1S/C15H21ClN2O4S/c1-15(14(19)17-2)6-8-18(9-7-15)23(20,21)11-4-5-13(22-3)12(16)10-11/h4-5,10H,6-9H2,1-3H3,(H,17,19). The summed E-state index contributed by atoms with van der Waals surface area (Å²) >= 11 is 6.02. The fourth-order valence-corrected chi connectivity index (χ4v) is 4.50. The van der Waals surface area contributed by atoms with Crippen LogP contribution in [0.15, 0.2) is 23.1 Å². The first kappa shape index (κ1) is 18.0. The monoisotopic (exact) mass is 360 g/mol. The predicted molar refractivity (Wildman–Crippen MR) is 88.2 cm³/mol. The van der Waals surface area contributed by atoms with E-state index in [9.17, 15) is 13.2 Å². The molecule has 1 aromatic carbocycles. The molecule has 0 aliphatic carbocycles. The minimum atomic E-state index is -3.63. The van der Waals surface area contributed by atoms with Gasteiger partial charge in [-0.1, -0.05) is 18.5 Å². The number of carbonyl (C=O) groups excluding carboxylic acids is 1. The van der Waals surface area contributed by atoms with Crippen molar-refractivity contribution in [3.05, 3.63) is 23.2 Å². The Morgan fingerprint density at radius 1 is 1.35 bits per heavy atom. The quantitative estimate of drug-likeness (QED) is 0.889. The molecular formula is C15H21ClN2O4S. The van der Waals surface area contributed by atoms with Gasteiger partial charge in [0.1, 0.15) is 5.75 Å². The van der Waals surface area contributed by atoms with Crippen LogP contribution in [-0.4, -0.2) is 45.9 Å². The smallest absolute Gasteiger partial charge is 0.243 e. The summed E-state index contributed by atoms with van der Waals surface area (Å²) < 4.78 is 31.9. The Morgan fingerprint density at radius 3 is 2.43 bits per heavy atom. The van der Waals surface area contributed by atoms with Crippen LogP contribution in [0.5, 0.6) is 5.75 Å².